The van der Waals surface area contributed by atoms with Crippen LogP contribution in [0.25, 0.3) is 10.8 Å². The first-order valence-electron chi connectivity index (χ1n) is 7.26. The molecule has 2 aromatic rings. The number of rotatable bonds is 5. The van der Waals surface area contributed by atoms with Crippen molar-refractivity contribution in [1.29, 1.82) is 0 Å². The number of hydrogen-bond acceptors (Lipinski definition) is 1. The number of aryl methyl sites for hydroxylation is 1. The molecule has 1 atom stereocenters. The van der Waals surface area contributed by atoms with Gasteiger partial charge in [-0.3, -0.25) is 0 Å². The molecule has 2 heteroatoms. The van der Waals surface area contributed by atoms with Crippen LogP contribution in [-0.2, 0) is 6.42 Å². The summed E-state index contributed by atoms with van der Waals surface area (Å²) < 4.78 is 14.3. The SMILES string of the molecule is CCCCc1nc(F)c(C(C)CC)c2ccccc12. The molecule has 0 saturated heterocycles. The summed E-state index contributed by atoms with van der Waals surface area (Å²) in [5.74, 6) is -0.0724. The normalized spacial score (nSPS) is 12.8. The average molecular weight is 259 g/mol. The van der Waals surface area contributed by atoms with Crippen LogP contribution in [0.1, 0.15) is 57.2 Å². The van der Waals surface area contributed by atoms with E-state index in [4.69, 9.17) is 0 Å². The highest BCUT2D eigenvalue weighted by Crippen LogP contribution is 2.31. The third-order valence-electron chi connectivity index (χ3n) is 3.86. The van der Waals surface area contributed by atoms with Gasteiger partial charge in [0.2, 0.25) is 5.95 Å². The zero-order valence-electron chi connectivity index (χ0n) is 12.0. The van der Waals surface area contributed by atoms with Gasteiger partial charge in [0.25, 0.3) is 0 Å². The van der Waals surface area contributed by atoms with Crippen LogP contribution in [0.15, 0.2) is 24.3 Å². The van der Waals surface area contributed by atoms with Gasteiger partial charge in [-0.05, 0) is 30.6 Å². The van der Waals surface area contributed by atoms with Crippen LogP contribution in [0.4, 0.5) is 4.39 Å². The molecule has 0 aliphatic rings. The quantitative estimate of drug-likeness (QED) is 0.670. The second-order valence-corrected chi connectivity index (χ2v) is 5.22. The van der Waals surface area contributed by atoms with Crippen molar-refractivity contribution in [3.05, 3.63) is 41.5 Å². The molecule has 1 unspecified atom stereocenters. The second-order valence-electron chi connectivity index (χ2n) is 5.22. The summed E-state index contributed by atoms with van der Waals surface area (Å²) in [4.78, 5) is 4.24. The van der Waals surface area contributed by atoms with Gasteiger partial charge in [0.1, 0.15) is 0 Å². The van der Waals surface area contributed by atoms with Gasteiger partial charge in [0, 0.05) is 10.9 Å². The number of benzene rings is 1. The highest BCUT2D eigenvalue weighted by molar-refractivity contribution is 5.88. The summed E-state index contributed by atoms with van der Waals surface area (Å²) in [6.07, 6.45) is 3.94. The van der Waals surface area contributed by atoms with Crippen molar-refractivity contribution in [2.75, 3.05) is 0 Å². The average Bonchev–Trinajstić information content (AvgIpc) is 2.44. The summed E-state index contributed by atoms with van der Waals surface area (Å²) in [5.41, 5.74) is 1.68. The molecule has 0 radical (unpaired) electrons. The molecule has 2 rings (SSSR count). The molecular weight excluding hydrogens is 237 g/mol. The highest BCUT2D eigenvalue weighted by Gasteiger charge is 2.17. The molecule has 1 aromatic carbocycles. The van der Waals surface area contributed by atoms with Crippen LogP contribution in [-0.4, -0.2) is 4.98 Å². The third kappa shape index (κ3) is 2.78. The van der Waals surface area contributed by atoms with Gasteiger partial charge in [0.05, 0.1) is 5.69 Å². The zero-order chi connectivity index (χ0) is 13.8. The van der Waals surface area contributed by atoms with E-state index in [1.807, 2.05) is 18.2 Å². The maximum Gasteiger partial charge on any atom is 0.217 e. The fraction of sp³-hybridized carbons (Fsp3) is 0.471. The standard InChI is InChI=1S/C17H22FN/c1-4-6-11-15-13-9-7-8-10-14(13)16(12(3)5-2)17(18)19-15/h7-10,12H,4-6,11H2,1-3H3. The van der Waals surface area contributed by atoms with E-state index in [1.165, 1.54) is 0 Å². The third-order valence-corrected chi connectivity index (χ3v) is 3.86. The van der Waals surface area contributed by atoms with Gasteiger partial charge < -0.3 is 0 Å². The number of fused-ring (bicyclic) bond motifs is 1. The molecule has 19 heavy (non-hydrogen) atoms. The van der Waals surface area contributed by atoms with Crippen molar-refractivity contribution in [3.63, 3.8) is 0 Å². The van der Waals surface area contributed by atoms with Crippen molar-refractivity contribution >= 4 is 10.8 Å². The van der Waals surface area contributed by atoms with E-state index in [2.05, 4.69) is 31.8 Å². The van der Waals surface area contributed by atoms with E-state index in [0.29, 0.717) is 0 Å². The Hall–Kier alpha value is -1.44. The van der Waals surface area contributed by atoms with Crippen molar-refractivity contribution in [3.8, 4) is 0 Å². The Morgan fingerprint density at radius 2 is 1.84 bits per heavy atom. The van der Waals surface area contributed by atoms with E-state index in [-0.39, 0.29) is 11.9 Å². The second kappa shape index (κ2) is 6.14. The van der Waals surface area contributed by atoms with Crippen LogP contribution in [0.3, 0.4) is 0 Å². The summed E-state index contributed by atoms with van der Waals surface area (Å²) in [6, 6.07) is 8.09. The smallest absolute Gasteiger partial charge is 0.217 e. The van der Waals surface area contributed by atoms with E-state index < -0.39 is 0 Å². The summed E-state index contributed by atoms with van der Waals surface area (Å²) in [6.45, 7) is 6.30. The molecule has 0 bridgehead atoms. The van der Waals surface area contributed by atoms with Gasteiger partial charge >= 0.3 is 0 Å². The lowest BCUT2D eigenvalue weighted by Crippen LogP contribution is -2.04. The minimum Gasteiger partial charge on any atom is -0.224 e. The lowest BCUT2D eigenvalue weighted by molar-refractivity contribution is 0.544. The monoisotopic (exact) mass is 259 g/mol. The highest BCUT2D eigenvalue weighted by atomic mass is 19.1. The molecule has 0 spiro atoms. The fourth-order valence-corrected chi connectivity index (χ4v) is 2.53. The van der Waals surface area contributed by atoms with Crippen LogP contribution in [0, 0.1) is 5.95 Å². The molecule has 1 aromatic heterocycles. The molecular formula is C17H22FN. The molecule has 1 nitrogen and oxygen atoms in total. The van der Waals surface area contributed by atoms with Gasteiger partial charge in [0.15, 0.2) is 0 Å². The Morgan fingerprint density at radius 1 is 1.16 bits per heavy atom. The van der Waals surface area contributed by atoms with Gasteiger partial charge in [-0.1, -0.05) is 51.5 Å². The summed E-state index contributed by atoms with van der Waals surface area (Å²) in [5, 5.41) is 2.16. The first kappa shape index (κ1) is 14.0. The van der Waals surface area contributed by atoms with Crippen molar-refractivity contribution in [1.82, 2.24) is 4.98 Å². The summed E-state index contributed by atoms with van der Waals surface area (Å²) >= 11 is 0. The predicted molar refractivity (Wildman–Crippen MR) is 79.0 cm³/mol. The molecule has 0 aliphatic heterocycles. The van der Waals surface area contributed by atoms with Gasteiger partial charge in [-0.25, -0.2) is 4.98 Å². The lowest BCUT2D eigenvalue weighted by Gasteiger charge is -2.15. The Kier molecular flexibility index (Phi) is 4.52. The van der Waals surface area contributed by atoms with Crippen molar-refractivity contribution in [2.45, 2.75) is 52.4 Å². The number of nitrogens with zero attached hydrogens (tertiary/aromatic N) is 1. The first-order valence-corrected chi connectivity index (χ1v) is 7.26. The Labute approximate surface area is 114 Å². The van der Waals surface area contributed by atoms with E-state index >= 15 is 0 Å². The maximum atomic E-state index is 14.3. The number of unbranched alkanes of at least 4 members (excludes halogenated alkanes) is 1. The van der Waals surface area contributed by atoms with Crippen LogP contribution in [0.5, 0.6) is 0 Å². The van der Waals surface area contributed by atoms with Gasteiger partial charge in [-0.15, -0.1) is 0 Å². The van der Waals surface area contributed by atoms with Crippen LogP contribution in [0.2, 0.25) is 0 Å². The minimum atomic E-state index is -0.279. The predicted octanol–water partition coefficient (Wildman–Crippen LogP) is 5.23. The molecule has 0 aliphatic carbocycles. The summed E-state index contributed by atoms with van der Waals surface area (Å²) in [7, 11) is 0. The molecule has 0 saturated carbocycles. The molecule has 102 valence electrons. The number of hydrogen-bond donors (Lipinski definition) is 0. The largest absolute Gasteiger partial charge is 0.224 e. The van der Waals surface area contributed by atoms with Crippen molar-refractivity contribution < 1.29 is 4.39 Å². The lowest BCUT2D eigenvalue weighted by atomic mass is 9.93. The number of pyridine rings is 1. The maximum absolute atomic E-state index is 14.3. The fourth-order valence-electron chi connectivity index (χ4n) is 2.53. The Morgan fingerprint density at radius 3 is 2.47 bits per heavy atom. The Bertz CT molecular complexity index is 562. The molecule has 1 heterocycles. The zero-order valence-corrected chi connectivity index (χ0v) is 12.0. The van der Waals surface area contributed by atoms with E-state index in [0.717, 1.165) is 47.7 Å². The van der Waals surface area contributed by atoms with E-state index in [1.54, 1.807) is 0 Å². The Balaban J connectivity index is 2.62. The molecule has 0 N–H and O–H groups in total. The first-order chi connectivity index (χ1) is 9.19. The minimum absolute atomic E-state index is 0.206. The van der Waals surface area contributed by atoms with Crippen LogP contribution >= 0.6 is 0 Å². The topological polar surface area (TPSA) is 12.9 Å². The number of halogens is 1. The molecule has 0 fully saturated rings. The van der Waals surface area contributed by atoms with Crippen molar-refractivity contribution in [2.24, 2.45) is 0 Å². The van der Waals surface area contributed by atoms with E-state index in [9.17, 15) is 4.39 Å². The molecule has 0 amide bonds. The van der Waals surface area contributed by atoms with Crippen LogP contribution < -0.4 is 0 Å². The van der Waals surface area contributed by atoms with Gasteiger partial charge in [-0.2, -0.15) is 4.39 Å². The number of aromatic nitrogens is 1.